The van der Waals surface area contributed by atoms with Crippen LogP contribution in [0.2, 0.25) is 0 Å². The Bertz CT molecular complexity index is 1960. The van der Waals surface area contributed by atoms with E-state index in [9.17, 15) is 0 Å². The van der Waals surface area contributed by atoms with Crippen LogP contribution in [-0.2, 0) is 5.41 Å². The van der Waals surface area contributed by atoms with Gasteiger partial charge in [-0.3, -0.25) is 0 Å². The molecule has 0 unspecified atom stereocenters. The molecule has 40 heavy (non-hydrogen) atoms. The fraction of sp³-hybridized carbons (Fsp3) is 0.111. The topological polar surface area (TPSA) is 35.6 Å². The smallest absolute Gasteiger partial charge is 0.182 e. The first-order valence-electron chi connectivity index (χ1n) is 13.7. The van der Waals surface area contributed by atoms with Crippen LogP contribution in [0.1, 0.15) is 26.3 Å². The van der Waals surface area contributed by atoms with Crippen LogP contribution >= 0.6 is 0 Å². The van der Waals surface area contributed by atoms with E-state index in [-0.39, 0.29) is 5.41 Å². The molecule has 0 aliphatic heterocycles. The maximum absolute atomic E-state index is 4.96. The van der Waals surface area contributed by atoms with Gasteiger partial charge >= 0.3 is 0 Å². The molecule has 0 aliphatic carbocycles. The molecule has 0 N–H and O–H groups in total. The first-order valence-corrected chi connectivity index (χ1v) is 13.7. The third-order valence-electron chi connectivity index (χ3n) is 7.56. The number of para-hydroxylation sites is 1. The van der Waals surface area contributed by atoms with Crippen molar-refractivity contribution in [3.63, 3.8) is 0 Å². The minimum Gasteiger partial charge on any atom is -0.309 e. The van der Waals surface area contributed by atoms with Crippen LogP contribution < -0.4 is 0 Å². The summed E-state index contributed by atoms with van der Waals surface area (Å²) in [6, 6.07) is 44.6. The van der Waals surface area contributed by atoms with Gasteiger partial charge in [-0.2, -0.15) is 0 Å². The normalized spacial score (nSPS) is 11.9. The molecule has 0 bridgehead atoms. The average molecular weight is 519 g/mol. The van der Waals surface area contributed by atoms with Gasteiger partial charge in [0.25, 0.3) is 0 Å². The Labute approximate surface area is 234 Å². The zero-order valence-electron chi connectivity index (χ0n) is 22.9. The summed E-state index contributed by atoms with van der Waals surface area (Å²) in [5.74, 6) is 1.53. The van der Waals surface area contributed by atoms with Crippen molar-refractivity contribution < 1.29 is 0 Å². The molecule has 7 aromatic rings. The van der Waals surface area contributed by atoms with E-state index in [4.69, 9.17) is 10.1 Å². The van der Waals surface area contributed by atoms with E-state index in [1.165, 1.54) is 27.4 Å². The number of fused-ring (bicyclic) bond motifs is 3. The molecule has 0 aliphatic rings. The maximum Gasteiger partial charge on any atom is 0.182 e. The fourth-order valence-corrected chi connectivity index (χ4v) is 5.44. The molecule has 4 heteroatoms. The summed E-state index contributed by atoms with van der Waals surface area (Å²) >= 11 is 0. The molecule has 4 nitrogen and oxygen atoms in total. The summed E-state index contributed by atoms with van der Waals surface area (Å²) in [4.78, 5) is 4.96. The molecule has 2 aromatic heterocycles. The summed E-state index contributed by atoms with van der Waals surface area (Å²) in [5.41, 5.74) is 7.94. The third kappa shape index (κ3) is 4.09. The molecule has 7 rings (SSSR count). The van der Waals surface area contributed by atoms with E-state index in [1.54, 1.807) is 0 Å². The Hall–Kier alpha value is -4.96. The van der Waals surface area contributed by atoms with E-state index in [1.807, 2.05) is 53.2 Å². The second-order valence-corrected chi connectivity index (χ2v) is 11.3. The van der Waals surface area contributed by atoms with Crippen LogP contribution in [0.4, 0.5) is 0 Å². The predicted molar refractivity (Wildman–Crippen MR) is 165 cm³/mol. The Morgan fingerprint density at radius 1 is 0.550 bits per heavy atom. The van der Waals surface area contributed by atoms with Gasteiger partial charge in [0.1, 0.15) is 0 Å². The summed E-state index contributed by atoms with van der Waals surface area (Å²) in [5, 5.41) is 7.50. The Morgan fingerprint density at radius 3 is 1.85 bits per heavy atom. The quantitative estimate of drug-likeness (QED) is 0.233. The lowest BCUT2D eigenvalue weighted by Gasteiger charge is -2.19. The van der Waals surface area contributed by atoms with Crippen molar-refractivity contribution in [2.75, 3.05) is 0 Å². The highest BCUT2D eigenvalue weighted by atomic mass is 15.4. The van der Waals surface area contributed by atoms with Crippen molar-refractivity contribution in [1.29, 1.82) is 0 Å². The van der Waals surface area contributed by atoms with E-state index < -0.39 is 0 Å². The van der Waals surface area contributed by atoms with Gasteiger partial charge in [0.05, 0.1) is 16.7 Å². The van der Waals surface area contributed by atoms with Crippen LogP contribution in [0.5, 0.6) is 0 Å². The van der Waals surface area contributed by atoms with Crippen molar-refractivity contribution in [2.45, 2.75) is 26.2 Å². The summed E-state index contributed by atoms with van der Waals surface area (Å²) < 4.78 is 4.30. The lowest BCUT2D eigenvalue weighted by molar-refractivity contribution is 0.591. The molecule has 0 saturated carbocycles. The summed E-state index contributed by atoms with van der Waals surface area (Å²) in [6.07, 6.45) is 0. The molecule has 0 spiro atoms. The van der Waals surface area contributed by atoms with Gasteiger partial charge in [0.2, 0.25) is 0 Å². The first-order chi connectivity index (χ1) is 19.5. The zero-order valence-corrected chi connectivity index (χ0v) is 22.9. The lowest BCUT2D eigenvalue weighted by Crippen LogP contribution is -2.10. The van der Waals surface area contributed by atoms with Crippen molar-refractivity contribution in [3.05, 3.63) is 133 Å². The van der Waals surface area contributed by atoms with E-state index in [2.05, 4.69) is 104 Å². The van der Waals surface area contributed by atoms with Crippen LogP contribution in [-0.4, -0.2) is 19.3 Å². The molecular formula is C36H30N4. The van der Waals surface area contributed by atoms with Gasteiger partial charge in [-0.25, -0.2) is 9.67 Å². The Morgan fingerprint density at radius 2 is 1.15 bits per heavy atom. The molecule has 0 fully saturated rings. The van der Waals surface area contributed by atoms with Crippen molar-refractivity contribution >= 4 is 21.8 Å². The highest BCUT2D eigenvalue weighted by Crippen LogP contribution is 2.35. The molecular weight excluding hydrogens is 488 g/mol. The Balaban J connectivity index is 1.37. The van der Waals surface area contributed by atoms with Gasteiger partial charge in [0, 0.05) is 27.6 Å². The highest BCUT2D eigenvalue weighted by molar-refractivity contribution is 6.09. The largest absolute Gasteiger partial charge is 0.309 e. The minimum absolute atomic E-state index is 0.0892. The molecule has 194 valence electrons. The first kappa shape index (κ1) is 24.1. The van der Waals surface area contributed by atoms with Gasteiger partial charge in [-0.05, 0) is 53.4 Å². The predicted octanol–water partition coefficient (Wildman–Crippen LogP) is 9.00. The Kier molecular flexibility index (Phi) is 5.64. The number of hydrogen-bond acceptors (Lipinski definition) is 2. The highest BCUT2D eigenvalue weighted by Gasteiger charge is 2.19. The number of aromatic nitrogens is 4. The summed E-state index contributed by atoms with van der Waals surface area (Å²) in [7, 11) is 0. The number of rotatable bonds is 4. The van der Waals surface area contributed by atoms with Gasteiger partial charge in [-0.1, -0.05) is 106 Å². The minimum atomic E-state index is 0.0892. The molecule has 0 amide bonds. The van der Waals surface area contributed by atoms with Crippen LogP contribution in [0, 0.1) is 0 Å². The van der Waals surface area contributed by atoms with Crippen LogP contribution in [0.15, 0.2) is 127 Å². The number of nitrogens with zero attached hydrogens (tertiary/aromatic N) is 4. The van der Waals surface area contributed by atoms with Crippen molar-refractivity contribution in [3.8, 4) is 34.2 Å². The summed E-state index contributed by atoms with van der Waals surface area (Å²) in [6.45, 7) is 6.80. The van der Waals surface area contributed by atoms with Crippen molar-refractivity contribution in [2.24, 2.45) is 0 Å². The van der Waals surface area contributed by atoms with Crippen molar-refractivity contribution in [1.82, 2.24) is 19.3 Å². The zero-order chi connectivity index (χ0) is 27.3. The van der Waals surface area contributed by atoms with Gasteiger partial charge in [-0.15, -0.1) is 5.10 Å². The van der Waals surface area contributed by atoms with Crippen LogP contribution in [0.3, 0.4) is 0 Å². The molecule has 2 heterocycles. The average Bonchev–Trinajstić information content (AvgIpc) is 3.58. The van der Waals surface area contributed by atoms with Gasteiger partial charge < -0.3 is 4.57 Å². The second kappa shape index (κ2) is 9.35. The molecule has 5 aromatic carbocycles. The third-order valence-corrected chi connectivity index (χ3v) is 7.56. The second-order valence-electron chi connectivity index (χ2n) is 11.3. The van der Waals surface area contributed by atoms with E-state index in [0.717, 1.165) is 28.3 Å². The lowest BCUT2D eigenvalue weighted by atomic mass is 9.86. The standard InChI is InChI=1S/C36H30N4/c1-36(2,3)27-18-23-33-31(24-27)30-16-10-11-17-32(30)39(33)28-19-21-29(22-20-28)40-35(26-14-8-5-9-15-26)37-34(38-40)25-12-6-4-7-13-25/h4-24H,1-3H3. The van der Waals surface area contributed by atoms with E-state index >= 15 is 0 Å². The SMILES string of the molecule is CC(C)(C)c1ccc2c(c1)c1ccccc1n2-c1ccc(-n2nc(-c3ccccc3)nc2-c2ccccc2)cc1. The van der Waals surface area contributed by atoms with Crippen LogP contribution in [0.25, 0.3) is 56.0 Å². The van der Waals surface area contributed by atoms with Gasteiger partial charge in [0.15, 0.2) is 11.6 Å². The van der Waals surface area contributed by atoms with E-state index in [0.29, 0.717) is 5.82 Å². The number of benzene rings is 5. The molecule has 0 radical (unpaired) electrons. The monoisotopic (exact) mass is 518 g/mol. The molecule has 0 atom stereocenters. The maximum atomic E-state index is 4.96. The number of hydrogen-bond donors (Lipinski definition) is 0. The molecule has 0 saturated heterocycles. The fourth-order valence-electron chi connectivity index (χ4n) is 5.44.